The van der Waals surface area contributed by atoms with Crippen LogP contribution >= 0.6 is 0 Å². The number of hydrogen-bond acceptors (Lipinski definition) is 5. The van der Waals surface area contributed by atoms with Gasteiger partial charge < -0.3 is 25.8 Å². The second kappa shape index (κ2) is 9.93. The number of ether oxygens (including phenoxy) is 2. The van der Waals surface area contributed by atoms with E-state index >= 15 is 0 Å². The van der Waals surface area contributed by atoms with Crippen LogP contribution in [0.4, 0.5) is 5.69 Å². The maximum Gasteiger partial charge on any atom is 0.262 e. The van der Waals surface area contributed by atoms with Gasteiger partial charge in [-0.05, 0) is 62.1 Å². The van der Waals surface area contributed by atoms with E-state index in [4.69, 9.17) is 15.2 Å². The van der Waals surface area contributed by atoms with Crippen LogP contribution in [0.5, 0.6) is 11.5 Å². The van der Waals surface area contributed by atoms with E-state index in [1.54, 1.807) is 55.6 Å². The summed E-state index contributed by atoms with van der Waals surface area (Å²) in [6.45, 7) is -0.134. The Balaban J connectivity index is 1.46. The molecule has 0 atom stereocenters. The van der Waals surface area contributed by atoms with Crippen LogP contribution in [0.3, 0.4) is 0 Å². The maximum absolute atomic E-state index is 12.4. The van der Waals surface area contributed by atoms with E-state index in [2.05, 4.69) is 10.6 Å². The molecule has 154 valence electrons. The van der Waals surface area contributed by atoms with Crippen molar-refractivity contribution in [2.45, 2.75) is 37.8 Å². The van der Waals surface area contributed by atoms with Crippen LogP contribution in [0.15, 0.2) is 48.5 Å². The molecule has 0 heterocycles. The van der Waals surface area contributed by atoms with Crippen molar-refractivity contribution in [1.29, 1.82) is 0 Å². The summed E-state index contributed by atoms with van der Waals surface area (Å²) in [6.07, 6.45) is 3.71. The number of carbonyl (C=O) groups excluding carboxylic acids is 2. The molecule has 4 N–H and O–H groups in total. The van der Waals surface area contributed by atoms with Gasteiger partial charge in [0.2, 0.25) is 0 Å². The first kappa shape index (κ1) is 20.7. The minimum atomic E-state index is -0.282. The molecule has 2 amide bonds. The van der Waals surface area contributed by atoms with Crippen molar-refractivity contribution in [2.75, 3.05) is 19.0 Å². The molecule has 0 spiro atoms. The highest BCUT2D eigenvalue weighted by atomic mass is 16.5. The zero-order valence-electron chi connectivity index (χ0n) is 16.5. The van der Waals surface area contributed by atoms with Gasteiger partial charge in [0.05, 0.1) is 7.11 Å². The highest BCUT2D eigenvalue weighted by Crippen LogP contribution is 2.19. The van der Waals surface area contributed by atoms with Crippen molar-refractivity contribution in [2.24, 2.45) is 5.73 Å². The highest BCUT2D eigenvalue weighted by Gasteiger charge is 2.20. The second-order valence-corrected chi connectivity index (χ2v) is 7.18. The van der Waals surface area contributed by atoms with Crippen LogP contribution in [0, 0.1) is 0 Å². The number of hydrogen-bond donors (Lipinski definition) is 3. The minimum Gasteiger partial charge on any atom is -0.497 e. The Labute approximate surface area is 170 Å². The lowest BCUT2D eigenvalue weighted by atomic mass is 9.91. The molecule has 3 rings (SSSR count). The van der Waals surface area contributed by atoms with Gasteiger partial charge in [0.1, 0.15) is 11.5 Å². The Hall–Kier alpha value is -3.06. The summed E-state index contributed by atoms with van der Waals surface area (Å²) >= 11 is 0. The van der Waals surface area contributed by atoms with Gasteiger partial charge in [0.25, 0.3) is 11.8 Å². The molecule has 0 unspecified atom stereocenters. The van der Waals surface area contributed by atoms with E-state index in [1.807, 2.05) is 0 Å². The Kier molecular flexibility index (Phi) is 7.08. The predicted molar refractivity (Wildman–Crippen MR) is 111 cm³/mol. The number of anilines is 1. The van der Waals surface area contributed by atoms with Crippen LogP contribution in [0.1, 0.15) is 36.0 Å². The number of rotatable bonds is 7. The monoisotopic (exact) mass is 397 g/mol. The number of nitrogens with two attached hydrogens (primary N) is 1. The summed E-state index contributed by atoms with van der Waals surface area (Å²) in [5, 5.41) is 5.80. The van der Waals surface area contributed by atoms with Crippen molar-refractivity contribution in [3.63, 3.8) is 0 Å². The zero-order valence-corrected chi connectivity index (χ0v) is 16.5. The first-order valence-electron chi connectivity index (χ1n) is 9.76. The third kappa shape index (κ3) is 6.22. The molecule has 0 aliphatic heterocycles. The Morgan fingerprint density at radius 3 is 2.45 bits per heavy atom. The van der Waals surface area contributed by atoms with Gasteiger partial charge in [-0.1, -0.05) is 6.07 Å². The van der Waals surface area contributed by atoms with Gasteiger partial charge in [0.15, 0.2) is 6.61 Å². The van der Waals surface area contributed by atoms with Crippen LogP contribution in [-0.2, 0) is 4.79 Å². The summed E-state index contributed by atoms with van der Waals surface area (Å²) in [4.78, 5) is 24.4. The Bertz CT molecular complexity index is 830. The smallest absolute Gasteiger partial charge is 0.262 e. The van der Waals surface area contributed by atoms with Gasteiger partial charge in [-0.15, -0.1) is 0 Å². The molecule has 1 saturated carbocycles. The number of methoxy groups -OCH3 is 1. The molecule has 7 nitrogen and oxygen atoms in total. The molecule has 7 heteroatoms. The van der Waals surface area contributed by atoms with Crippen molar-refractivity contribution >= 4 is 17.5 Å². The summed E-state index contributed by atoms with van der Waals surface area (Å²) in [7, 11) is 1.57. The predicted octanol–water partition coefficient (Wildman–Crippen LogP) is 2.71. The molecule has 1 aliphatic carbocycles. The van der Waals surface area contributed by atoms with E-state index < -0.39 is 0 Å². The summed E-state index contributed by atoms with van der Waals surface area (Å²) < 4.78 is 10.6. The largest absolute Gasteiger partial charge is 0.497 e. The molecule has 0 radical (unpaired) electrons. The van der Waals surface area contributed by atoms with Gasteiger partial charge in [-0.25, -0.2) is 0 Å². The number of benzene rings is 2. The number of carbonyl (C=O) groups is 2. The van der Waals surface area contributed by atoms with E-state index in [0.29, 0.717) is 22.7 Å². The van der Waals surface area contributed by atoms with E-state index in [1.165, 1.54) is 0 Å². The quantitative estimate of drug-likeness (QED) is 0.667. The zero-order chi connectivity index (χ0) is 20.6. The number of amides is 2. The minimum absolute atomic E-state index is 0.104. The van der Waals surface area contributed by atoms with Gasteiger partial charge in [-0.2, -0.15) is 0 Å². The van der Waals surface area contributed by atoms with Gasteiger partial charge in [-0.3, -0.25) is 9.59 Å². The molecule has 1 fully saturated rings. The molecule has 29 heavy (non-hydrogen) atoms. The molecular weight excluding hydrogens is 370 g/mol. The van der Waals surface area contributed by atoms with Crippen molar-refractivity contribution in [3.8, 4) is 11.5 Å². The molecule has 2 aromatic carbocycles. The van der Waals surface area contributed by atoms with Crippen molar-refractivity contribution in [1.82, 2.24) is 5.32 Å². The molecule has 0 saturated heterocycles. The van der Waals surface area contributed by atoms with Crippen LogP contribution in [0.25, 0.3) is 0 Å². The Morgan fingerprint density at radius 2 is 1.76 bits per heavy atom. The lowest BCUT2D eigenvalue weighted by Gasteiger charge is -2.26. The fourth-order valence-electron chi connectivity index (χ4n) is 3.28. The Morgan fingerprint density at radius 1 is 1.03 bits per heavy atom. The lowest BCUT2D eigenvalue weighted by Crippen LogP contribution is -2.40. The first-order chi connectivity index (χ1) is 14.0. The second-order valence-electron chi connectivity index (χ2n) is 7.18. The van der Waals surface area contributed by atoms with Crippen LogP contribution in [-0.4, -0.2) is 37.6 Å². The maximum atomic E-state index is 12.4. The first-order valence-corrected chi connectivity index (χ1v) is 9.76. The van der Waals surface area contributed by atoms with Crippen LogP contribution < -0.4 is 25.8 Å². The van der Waals surface area contributed by atoms with Crippen molar-refractivity contribution < 1.29 is 19.1 Å². The van der Waals surface area contributed by atoms with E-state index in [9.17, 15) is 9.59 Å². The normalized spacial score (nSPS) is 18.6. The van der Waals surface area contributed by atoms with Gasteiger partial charge in [0, 0.05) is 29.4 Å². The molecule has 1 aliphatic rings. The van der Waals surface area contributed by atoms with Gasteiger partial charge >= 0.3 is 0 Å². The summed E-state index contributed by atoms with van der Waals surface area (Å²) in [6, 6.07) is 14.3. The SMILES string of the molecule is COc1cccc(NC(=O)COc2ccc(C(=O)NC3CCC(N)CC3)cc2)c1. The fourth-order valence-corrected chi connectivity index (χ4v) is 3.28. The number of nitrogens with one attached hydrogen (secondary N) is 2. The molecule has 0 aromatic heterocycles. The lowest BCUT2D eigenvalue weighted by molar-refractivity contribution is -0.118. The van der Waals surface area contributed by atoms with E-state index in [-0.39, 0.29) is 30.5 Å². The third-order valence-corrected chi connectivity index (χ3v) is 4.95. The molecule has 0 bridgehead atoms. The topological polar surface area (TPSA) is 103 Å². The van der Waals surface area contributed by atoms with Crippen LogP contribution in [0.2, 0.25) is 0 Å². The fraction of sp³-hybridized carbons (Fsp3) is 0.364. The molecular formula is C22H27N3O4. The van der Waals surface area contributed by atoms with Crippen molar-refractivity contribution in [3.05, 3.63) is 54.1 Å². The average Bonchev–Trinajstić information content (AvgIpc) is 2.74. The summed E-state index contributed by atoms with van der Waals surface area (Å²) in [5.41, 5.74) is 7.10. The highest BCUT2D eigenvalue weighted by molar-refractivity contribution is 5.94. The molecule has 2 aromatic rings. The standard InChI is InChI=1S/C22H27N3O4/c1-28-20-4-2-3-18(13-20)24-21(26)14-29-19-11-5-15(6-12-19)22(27)25-17-9-7-16(23)8-10-17/h2-6,11-13,16-17H,7-10,14,23H2,1H3,(H,24,26)(H,25,27). The average molecular weight is 397 g/mol. The summed E-state index contributed by atoms with van der Waals surface area (Å²) in [5.74, 6) is 0.794. The third-order valence-electron chi connectivity index (χ3n) is 4.95. The van der Waals surface area contributed by atoms with E-state index in [0.717, 1.165) is 25.7 Å².